The van der Waals surface area contributed by atoms with E-state index in [0.29, 0.717) is 11.5 Å². The molecule has 108 valence electrons. The van der Waals surface area contributed by atoms with Gasteiger partial charge >= 0.3 is 6.09 Å². The fourth-order valence-electron chi connectivity index (χ4n) is 1.50. The van der Waals surface area contributed by atoms with Gasteiger partial charge in [0.1, 0.15) is 17.3 Å². The first kappa shape index (κ1) is 14.3. The van der Waals surface area contributed by atoms with E-state index in [1.54, 1.807) is 17.6 Å². The summed E-state index contributed by atoms with van der Waals surface area (Å²) in [5.74, 6) is -0.0310. The van der Waals surface area contributed by atoms with E-state index in [9.17, 15) is 14.0 Å². The fraction of sp³-hybridized carbons (Fsp3) is 0. The van der Waals surface area contributed by atoms with Crippen LogP contribution in [0.1, 0.15) is 10.4 Å². The second-order valence-electron chi connectivity index (χ2n) is 3.96. The zero-order valence-electron chi connectivity index (χ0n) is 10.7. The largest absolute Gasteiger partial charge is 0.464 e. The zero-order chi connectivity index (χ0) is 15.2. The van der Waals surface area contributed by atoms with Crippen molar-refractivity contribution in [3.8, 4) is 11.5 Å². The monoisotopic (exact) mass is 290 g/mol. The number of hydrogen-bond donors (Lipinski definition) is 3. The van der Waals surface area contributed by atoms with Crippen LogP contribution in [0, 0.1) is 5.82 Å². The molecule has 2 aromatic carbocycles. The number of rotatable bonds is 3. The number of carboxylic acid groups (broad SMARTS) is 1. The SMILES string of the molecule is O=C(O)NNC(=O)c1ccc(Oc2ccc(F)cc2)cc1. The Hall–Kier alpha value is -3.09. The van der Waals surface area contributed by atoms with Crippen molar-refractivity contribution < 1.29 is 23.8 Å². The lowest BCUT2D eigenvalue weighted by Gasteiger charge is -2.07. The normalized spacial score (nSPS) is 9.76. The Morgan fingerprint density at radius 3 is 1.95 bits per heavy atom. The van der Waals surface area contributed by atoms with Gasteiger partial charge < -0.3 is 9.84 Å². The summed E-state index contributed by atoms with van der Waals surface area (Å²) in [7, 11) is 0. The summed E-state index contributed by atoms with van der Waals surface area (Å²) in [6.45, 7) is 0. The van der Waals surface area contributed by atoms with E-state index >= 15 is 0 Å². The fourth-order valence-corrected chi connectivity index (χ4v) is 1.50. The van der Waals surface area contributed by atoms with Gasteiger partial charge in [0.25, 0.3) is 5.91 Å². The number of carbonyl (C=O) groups excluding carboxylic acids is 1. The molecule has 0 heterocycles. The minimum absolute atomic E-state index is 0.259. The maximum absolute atomic E-state index is 12.7. The molecule has 2 amide bonds. The third-order valence-corrected chi connectivity index (χ3v) is 2.45. The number of hydrogen-bond acceptors (Lipinski definition) is 3. The standard InChI is InChI=1S/C14H11FN2O4/c15-10-3-7-12(8-4-10)21-11-5-1-9(2-6-11)13(18)16-17-14(19)20/h1-8,17H,(H,16,18)(H,19,20). The van der Waals surface area contributed by atoms with Crippen LogP contribution < -0.4 is 15.6 Å². The van der Waals surface area contributed by atoms with E-state index in [2.05, 4.69) is 0 Å². The Bertz CT molecular complexity index is 641. The molecule has 0 bridgehead atoms. The second kappa shape index (κ2) is 6.38. The number of halogens is 1. The van der Waals surface area contributed by atoms with Gasteiger partial charge in [-0.1, -0.05) is 0 Å². The van der Waals surface area contributed by atoms with Crippen molar-refractivity contribution >= 4 is 12.0 Å². The summed E-state index contributed by atoms with van der Waals surface area (Å²) < 4.78 is 18.2. The average molecular weight is 290 g/mol. The molecule has 0 unspecified atom stereocenters. The first-order valence-corrected chi connectivity index (χ1v) is 5.87. The Labute approximate surface area is 119 Å². The Balaban J connectivity index is 2.00. The van der Waals surface area contributed by atoms with Crippen molar-refractivity contribution in [1.29, 1.82) is 0 Å². The lowest BCUT2D eigenvalue weighted by atomic mass is 10.2. The molecule has 21 heavy (non-hydrogen) atoms. The van der Waals surface area contributed by atoms with E-state index in [0.717, 1.165) is 0 Å². The number of benzene rings is 2. The Morgan fingerprint density at radius 2 is 1.43 bits per heavy atom. The minimum atomic E-state index is -1.36. The summed E-state index contributed by atoms with van der Waals surface area (Å²) in [5, 5.41) is 8.36. The third-order valence-electron chi connectivity index (χ3n) is 2.45. The van der Waals surface area contributed by atoms with Gasteiger partial charge in [0.15, 0.2) is 0 Å². The molecule has 2 rings (SSSR count). The van der Waals surface area contributed by atoms with Crippen molar-refractivity contribution in [1.82, 2.24) is 10.9 Å². The van der Waals surface area contributed by atoms with E-state index in [-0.39, 0.29) is 11.4 Å². The molecule has 2 aromatic rings. The van der Waals surface area contributed by atoms with Crippen molar-refractivity contribution in [3.63, 3.8) is 0 Å². The number of carbonyl (C=O) groups is 2. The van der Waals surface area contributed by atoms with Crippen molar-refractivity contribution in [2.75, 3.05) is 0 Å². The van der Waals surface area contributed by atoms with Gasteiger partial charge in [0, 0.05) is 5.56 Å². The van der Waals surface area contributed by atoms with E-state index in [4.69, 9.17) is 9.84 Å². The number of nitrogens with one attached hydrogen (secondary N) is 2. The van der Waals surface area contributed by atoms with Crippen LogP contribution >= 0.6 is 0 Å². The molecule has 0 aliphatic carbocycles. The molecule has 3 N–H and O–H groups in total. The summed E-state index contributed by atoms with van der Waals surface area (Å²) in [6, 6.07) is 11.5. The highest BCUT2D eigenvalue weighted by molar-refractivity contribution is 5.94. The molecule has 0 aliphatic rings. The molecule has 0 radical (unpaired) electrons. The van der Waals surface area contributed by atoms with Crippen LogP contribution in [0.25, 0.3) is 0 Å². The Morgan fingerprint density at radius 1 is 0.905 bits per heavy atom. The van der Waals surface area contributed by atoms with Crippen LogP contribution in [0.5, 0.6) is 11.5 Å². The molecule has 0 atom stereocenters. The van der Waals surface area contributed by atoms with Crippen LogP contribution in [0.2, 0.25) is 0 Å². The van der Waals surface area contributed by atoms with Gasteiger partial charge in [-0.25, -0.2) is 14.6 Å². The predicted octanol–water partition coefficient (Wildman–Crippen LogP) is 2.53. The van der Waals surface area contributed by atoms with Gasteiger partial charge in [-0.15, -0.1) is 0 Å². The van der Waals surface area contributed by atoms with Gasteiger partial charge in [-0.2, -0.15) is 0 Å². The molecule has 0 fully saturated rings. The van der Waals surface area contributed by atoms with E-state index in [1.807, 2.05) is 5.43 Å². The molecule has 6 nitrogen and oxygen atoms in total. The predicted molar refractivity (Wildman–Crippen MR) is 71.5 cm³/mol. The molecule has 0 aliphatic heterocycles. The first-order chi connectivity index (χ1) is 10.0. The summed E-state index contributed by atoms with van der Waals surface area (Å²) in [5.41, 5.74) is 4.02. The van der Waals surface area contributed by atoms with Crippen molar-refractivity contribution in [3.05, 3.63) is 59.9 Å². The van der Waals surface area contributed by atoms with Crippen molar-refractivity contribution in [2.24, 2.45) is 0 Å². The van der Waals surface area contributed by atoms with Crippen LogP contribution in [0.3, 0.4) is 0 Å². The molecule has 0 spiro atoms. The van der Waals surface area contributed by atoms with Gasteiger partial charge in [0.2, 0.25) is 0 Å². The molecule has 0 saturated heterocycles. The average Bonchev–Trinajstić information content (AvgIpc) is 2.48. The van der Waals surface area contributed by atoms with E-state index in [1.165, 1.54) is 36.4 Å². The lowest BCUT2D eigenvalue weighted by Crippen LogP contribution is -2.40. The smallest absolute Gasteiger partial charge is 0.423 e. The quantitative estimate of drug-likeness (QED) is 0.758. The molecular formula is C14H11FN2O4. The van der Waals surface area contributed by atoms with Gasteiger partial charge in [0.05, 0.1) is 0 Å². The second-order valence-corrected chi connectivity index (χ2v) is 3.96. The van der Waals surface area contributed by atoms with Crippen molar-refractivity contribution in [2.45, 2.75) is 0 Å². The molecule has 0 saturated carbocycles. The van der Waals surface area contributed by atoms with Crippen LogP contribution in [0.15, 0.2) is 48.5 Å². The highest BCUT2D eigenvalue weighted by Gasteiger charge is 2.06. The van der Waals surface area contributed by atoms with Gasteiger partial charge in [-0.3, -0.25) is 10.2 Å². The first-order valence-electron chi connectivity index (χ1n) is 5.87. The minimum Gasteiger partial charge on any atom is -0.464 e. The maximum atomic E-state index is 12.7. The van der Waals surface area contributed by atoms with Crippen LogP contribution in [-0.4, -0.2) is 17.1 Å². The summed E-state index contributed by atoms with van der Waals surface area (Å²) >= 11 is 0. The third kappa shape index (κ3) is 4.20. The molecule has 0 aromatic heterocycles. The Kier molecular flexibility index (Phi) is 4.35. The van der Waals surface area contributed by atoms with Crippen LogP contribution in [0.4, 0.5) is 9.18 Å². The zero-order valence-corrected chi connectivity index (χ0v) is 10.7. The molecular weight excluding hydrogens is 279 g/mol. The number of hydrazine groups is 1. The van der Waals surface area contributed by atoms with E-state index < -0.39 is 12.0 Å². The van der Waals surface area contributed by atoms with Gasteiger partial charge in [-0.05, 0) is 48.5 Å². The summed E-state index contributed by atoms with van der Waals surface area (Å²) in [6.07, 6.45) is -1.36. The lowest BCUT2D eigenvalue weighted by molar-refractivity contribution is 0.0926. The highest BCUT2D eigenvalue weighted by atomic mass is 19.1. The topological polar surface area (TPSA) is 87.7 Å². The number of ether oxygens (including phenoxy) is 1. The number of amides is 2. The highest BCUT2D eigenvalue weighted by Crippen LogP contribution is 2.21. The summed E-state index contributed by atoms with van der Waals surface area (Å²) in [4.78, 5) is 21.8. The molecule has 7 heteroatoms. The van der Waals surface area contributed by atoms with Crippen LogP contribution in [-0.2, 0) is 0 Å². The maximum Gasteiger partial charge on any atom is 0.423 e.